The summed E-state index contributed by atoms with van der Waals surface area (Å²) in [6.45, 7) is 3.17. The minimum Gasteiger partial charge on any atom is -0.492 e. The highest BCUT2D eigenvalue weighted by Gasteiger charge is 2.32. The zero-order chi connectivity index (χ0) is 14.8. The van der Waals surface area contributed by atoms with E-state index in [1.807, 2.05) is 30.0 Å². The van der Waals surface area contributed by atoms with E-state index in [1.165, 1.54) is 0 Å². The summed E-state index contributed by atoms with van der Waals surface area (Å²) >= 11 is 0. The van der Waals surface area contributed by atoms with Gasteiger partial charge < -0.3 is 14.4 Å². The lowest BCUT2D eigenvalue weighted by molar-refractivity contribution is -0.143. The summed E-state index contributed by atoms with van der Waals surface area (Å²) in [6.07, 6.45) is 0. The van der Waals surface area contributed by atoms with Gasteiger partial charge in [-0.2, -0.15) is 0 Å². The molecule has 0 saturated heterocycles. The van der Waals surface area contributed by atoms with Crippen molar-refractivity contribution in [1.82, 2.24) is 10.1 Å². The van der Waals surface area contributed by atoms with E-state index >= 15 is 0 Å². The first-order valence-corrected chi connectivity index (χ1v) is 6.76. The average molecular weight is 288 g/mol. The molecule has 1 aromatic carbocycles. The molecule has 0 amide bonds. The molecule has 21 heavy (non-hydrogen) atoms. The maximum atomic E-state index is 11.7. The molecule has 1 N–H and O–H groups in total. The van der Waals surface area contributed by atoms with Crippen molar-refractivity contribution in [3.05, 3.63) is 47.3 Å². The van der Waals surface area contributed by atoms with E-state index < -0.39 is 12.0 Å². The normalized spacial score (nSPS) is 18.6. The first-order valence-electron chi connectivity index (χ1n) is 6.76. The number of hydrogen-bond donors (Lipinski definition) is 1. The Kier molecular flexibility index (Phi) is 3.62. The molecule has 3 rings (SSSR count). The number of para-hydroxylation sites is 1. The molecular formula is C15H16N2O4. The minimum absolute atomic E-state index is 0.409. The molecular weight excluding hydrogens is 272 g/mol. The van der Waals surface area contributed by atoms with Crippen LogP contribution in [-0.4, -0.2) is 34.3 Å². The predicted octanol–water partition coefficient (Wildman–Crippen LogP) is 2.00. The molecule has 0 spiro atoms. The highest BCUT2D eigenvalue weighted by molar-refractivity contribution is 5.76. The van der Waals surface area contributed by atoms with Gasteiger partial charge in [-0.25, -0.2) is 0 Å². The van der Waals surface area contributed by atoms with E-state index in [2.05, 4.69) is 5.16 Å². The van der Waals surface area contributed by atoms with Gasteiger partial charge in [0.2, 0.25) is 0 Å². The first kappa shape index (κ1) is 13.6. The van der Waals surface area contributed by atoms with Crippen molar-refractivity contribution >= 4 is 5.97 Å². The molecule has 1 aliphatic rings. The van der Waals surface area contributed by atoms with Crippen molar-refractivity contribution in [2.24, 2.45) is 0 Å². The smallest absolute Gasteiger partial charge is 0.325 e. The van der Waals surface area contributed by atoms with E-state index in [9.17, 15) is 9.90 Å². The summed E-state index contributed by atoms with van der Waals surface area (Å²) in [5.41, 5.74) is 1.39. The predicted molar refractivity (Wildman–Crippen MR) is 74.0 cm³/mol. The lowest BCUT2D eigenvalue weighted by atomic mass is 10.0. The fourth-order valence-electron chi connectivity index (χ4n) is 2.60. The van der Waals surface area contributed by atoms with E-state index in [0.29, 0.717) is 36.8 Å². The molecule has 110 valence electrons. The Morgan fingerprint density at radius 2 is 2.29 bits per heavy atom. The number of carbonyl (C=O) groups is 1. The second kappa shape index (κ2) is 5.57. The van der Waals surface area contributed by atoms with Gasteiger partial charge in [-0.15, -0.1) is 0 Å². The Morgan fingerprint density at radius 3 is 3.00 bits per heavy atom. The quantitative estimate of drug-likeness (QED) is 0.931. The largest absolute Gasteiger partial charge is 0.492 e. The van der Waals surface area contributed by atoms with Crippen molar-refractivity contribution in [1.29, 1.82) is 0 Å². The number of ether oxygens (including phenoxy) is 1. The average Bonchev–Trinajstić information content (AvgIpc) is 2.76. The number of aromatic nitrogens is 1. The van der Waals surface area contributed by atoms with Gasteiger partial charge in [-0.05, 0) is 13.0 Å². The van der Waals surface area contributed by atoms with Gasteiger partial charge in [0.05, 0.1) is 5.69 Å². The van der Waals surface area contributed by atoms with Crippen LogP contribution in [0.15, 0.2) is 34.9 Å². The van der Waals surface area contributed by atoms with Crippen LogP contribution in [0.2, 0.25) is 0 Å². The number of carboxylic acids is 1. The third kappa shape index (κ3) is 2.75. The molecule has 0 aliphatic carbocycles. The van der Waals surface area contributed by atoms with Crippen molar-refractivity contribution < 1.29 is 19.2 Å². The van der Waals surface area contributed by atoms with Crippen molar-refractivity contribution in [3.8, 4) is 5.75 Å². The Labute approximate surface area is 121 Å². The molecule has 0 bridgehead atoms. The number of benzene rings is 1. The van der Waals surface area contributed by atoms with Crippen LogP contribution in [0.5, 0.6) is 5.75 Å². The first-order chi connectivity index (χ1) is 10.1. The van der Waals surface area contributed by atoms with Crippen LogP contribution in [0.1, 0.15) is 23.1 Å². The zero-order valence-corrected chi connectivity index (χ0v) is 11.7. The second-order valence-corrected chi connectivity index (χ2v) is 5.03. The molecule has 0 saturated carbocycles. The van der Waals surface area contributed by atoms with E-state index in [4.69, 9.17) is 9.26 Å². The van der Waals surface area contributed by atoms with E-state index in [1.54, 1.807) is 12.1 Å². The Morgan fingerprint density at radius 1 is 1.48 bits per heavy atom. The third-order valence-corrected chi connectivity index (χ3v) is 3.49. The van der Waals surface area contributed by atoms with Crippen LogP contribution in [0.4, 0.5) is 0 Å². The Balaban J connectivity index is 1.94. The van der Waals surface area contributed by atoms with Crippen LogP contribution in [-0.2, 0) is 11.3 Å². The van der Waals surface area contributed by atoms with Crippen LogP contribution >= 0.6 is 0 Å². The SMILES string of the molecule is Cc1cc(CN2CCOc3ccccc3C2C(=O)O)no1. The molecule has 6 heteroatoms. The van der Waals surface area contributed by atoms with Crippen molar-refractivity contribution in [2.45, 2.75) is 19.5 Å². The fraction of sp³-hybridized carbons (Fsp3) is 0.333. The maximum absolute atomic E-state index is 11.7. The van der Waals surface area contributed by atoms with Crippen molar-refractivity contribution in [2.75, 3.05) is 13.2 Å². The Hall–Kier alpha value is -2.34. The number of fused-ring (bicyclic) bond motifs is 1. The molecule has 2 heterocycles. The monoisotopic (exact) mass is 288 g/mol. The summed E-state index contributed by atoms with van der Waals surface area (Å²) in [5, 5.41) is 13.6. The van der Waals surface area contributed by atoms with E-state index in [-0.39, 0.29) is 0 Å². The van der Waals surface area contributed by atoms with Gasteiger partial charge in [0.25, 0.3) is 0 Å². The molecule has 2 aromatic rings. The summed E-state index contributed by atoms with van der Waals surface area (Å²) in [5.74, 6) is 0.445. The number of hydrogen-bond acceptors (Lipinski definition) is 5. The molecule has 1 atom stereocenters. The number of aliphatic carboxylic acids is 1. The molecule has 0 fully saturated rings. The van der Waals surface area contributed by atoms with Gasteiger partial charge >= 0.3 is 5.97 Å². The number of carboxylic acid groups (broad SMARTS) is 1. The zero-order valence-electron chi connectivity index (χ0n) is 11.7. The van der Waals surface area contributed by atoms with E-state index in [0.717, 1.165) is 5.69 Å². The molecule has 6 nitrogen and oxygen atoms in total. The van der Waals surface area contributed by atoms with Crippen LogP contribution in [0.25, 0.3) is 0 Å². The molecule has 1 aromatic heterocycles. The minimum atomic E-state index is -0.895. The third-order valence-electron chi connectivity index (χ3n) is 3.49. The highest BCUT2D eigenvalue weighted by Crippen LogP contribution is 2.32. The summed E-state index contributed by atoms with van der Waals surface area (Å²) in [7, 11) is 0. The summed E-state index contributed by atoms with van der Waals surface area (Å²) < 4.78 is 10.7. The fourth-order valence-corrected chi connectivity index (χ4v) is 2.60. The standard InChI is InChI=1S/C15H16N2O4/c1-10-8-11(16-21-10)9-17-6-7-20-13-5-3-2-4-12(13)14(17)15(18)19/h2-5,8,14H,6-7,9H2,1H3,(H,18,19). The van der Waals surface area contributed by atoms with Gasteiger partial charge in [0.1, 0.15) is 24.2 Å². The lowest BCUT2D eigenvalue weighted by Gasteiger charge is -2.25. The molecule has 0 radical (unpaired) electrons. The Bertz CT molecular complexity index is 653. The van der Waals surface area contributed by atoms with Gasteiger partial charge in [0.15, 0.2) is 0 Å². The second-order valence-electron chi connectivity index (χ2n) is 5.03. The van der Waals surface area contributed by atoms with Gasteiger partial charge in [-0.3, -0.25) is 9.69 Å². The van der Waals surface area contributed by atoms with Crippen molar-refractivity contribution in [3.63, 3.8) is 0 Å². The number of aryl methyl sites for hydroxylation is 1. The van der Waals surface area contributed by atoms with Gasteiger partial charge in [0, 0.05) is 24.7 Å². The number of nitrogens with zero attached hydrogens (tertiary/aromatic N) is 2. The summed E-state index contributed by atoms with van der Waals surface area (Å²) in [6, 6.07) is 8.32. The topological polar surface area (TPSA) is 75.8 Å². The lowest BCUT2D eigenvalue weighted by Crippen LogP contribution is -2.34. The maximum Gasteiger partial charge on any atom is 0.325 e. The van der Waals surface area contributed by atoms with Crippen LogP contribution in [0, 0.1) is 6.92 Å². The summed E-state index contributed by atoms with van der Waals surface area (Å²) in [4.78, 5) is 13.6. The van der Waals surface area contributed by atoms with Crippen LogP contribution in [0.3, 0.4) is 0 Å². The molecule has 1 aliphatic heterocycles. The highest BCUT2D eigenvalue weighted by atomic mass is 16.5. The molecule has 1 unspecified atom stereocenters. The number of rotatable bonds is 3. The van der Waals surface area contributed by atoms with Gasteiger partial charge in [-0.1, -0.05) is 23.4 Å². The van der Waals surface area contributed by atoms with Crippen LogP contribution < -0.4 is 4.74 Å².